The van der Waals surface area contributed by atoms with E-state index in [0.29, 0.717) is 10.9 Å². The first-order chi connectivity index (χ1) is 9.77. The Morgan fingerprint density at radius 1 is 1.00 bits per heavy atom. The molecule has 2 heteroatoms. The zero-order valence-corrected chi connectivity index (χ0v) is 12.6. The largest absolute Gasteiger partial charge is 0.121 e. The van der Waals surface area contributed by atoms with E-state index >= 15 is 0 Å². The molecule has 0 amide bonds. The molecule has 1 atom stereocenters. The van der Waals surface area contributed by atoms with Crippen LogP contribution in [0.2, 0.25) is 0 Å². The number of hydrogen-bond acceptors (Lipinski definition) is 0. The van der Waals surface area contributed by atoms with Crippen molar-refractivity contribution in [3.63, 3.8) is 0 Å². The van der Waals surface area contributed by atoms with E-state index in [1.165, 1.54) is 0 Å². The summed E-state index contributed by atoms with van der Waals surface area (Å²) in [5, 5.41) is 0.659. The van der Waals surface area contributed by atoms with Gasteiger partial charge in [-0.3, -0.25) is 0 Å². The number of halogens is 2. The van der Waals surface area contributed by atoms with Gasteiger partial charge >= 0.3 is 0 Å². The first-order valence-electron chi connectivity index (χ1n) is 6.45. The van der Waals surface area contributed by atoms with Crippen molar-refractivity contribution in [2.24, 2.45) is 0 Å². The summed E-state index contributed by atoms with van der Waals surface area (Å²) in [6.45, 7) is 3.96. The van der Waals surface area contributed by atoms with Gasteiger partial charge in [0.25, 0.3) is 0 Å². The quantitative estimate of drug-likeness (QED) is 0.480. The molecule has 0 N–H and O–H groups in total. The van der Waals surface area contributed by atoms with E-state index in [1.807, 2.05) is 54.6 Å². The molecule has 0 bridgehead atoms. The molecule has 0 fully saturated rings. The zero-order chi connectivity index (χ0) is 14.4. The van der Waals surface area contributed by atoms with E-state index in [2.05, 4.69) is 18.7 Å². The summed E-state index contributed by atoms with van der Waals surface area (Å²) in [7, 11) is 0. The fourth-order valence-corrected chi connectivity index (χ4v) is 2.65. The molecule has 2 aromatic rings. The van der Waals surface area contributed by atoms with Crippen LogP contribution in [0.1, 0.15) is 17.0 Å². The Hall–Kier alpha value is -1.50. The van der Waals surface area contributed by atoms with E-state index in [0.717, 1.165) is 16.7 Å². The second kappa shape index (κ2) is 7.33. The third-order valence-corrected chi connectivity index (χ3v) is 3.94. The monoisotopic (exact) mass is 302 g/mol. The van der Waals surface area contributed by atoms with Gasteiger partial charge in [0.05, 0.1) is 5.88 Å². The molecule has 20 heavy (non-hydrogen) atoms. The van der Waals surface area contributed by atoms with Crippen molar-refractivity contribution >= 4 is 28.8 Å². The standard InChI is InChI=1S/C18H16Cl2/c1-2-16(14-9-5-3-6-10-14)18(17(20)13-19)15-11-7-4-8-12-15/h2-12,16H,1,13H2. The smallest absolute Gasteiger partial charge is 0.0585 e. The Labute approximate surface area is 130 Å². The minimum atomic E-state index is 0.0323. The summed E-state index contributed by atoms with van der Waals surface area (Å²) in [4.78, 5) is 0. The average Bonchev–Trinajstić information content (AvgIpc) is 2.53. The topological polar surface area (TPSA) is 0 Å². The number of alkyl halides is 1. The fourth-order valence-electron chi connectivity index (χ4n) is 2.28. The number of allylic oxidation sites excluding steroid dienone is 3. The molecular formula is C18H16Cl2. The van der Waals surface area contributed by atoms with Crippen LogP contribution in [-0.2, 0) is 0 Å². The molecule has 0 saturated carbocycles. The highest BCUT2D eigenvalue weighted by Crippen LogP contribution is 2.37. The molecule has 0 heterocycles. The van der Waals surface area contributed by atoms with Gasteiger partial charge in [-0.15, -0.1) is 18.2 Å². The molecular weight excluding hydrogens is 287 g/mol. The number of benzene rings is 2. The van der Waals surface area contributed by atoms with Crippen LogP contribution in [0.5, 0.6) is 0 Å². The first-order valence-corrected chi connectivity index (χ1v) is 7.36. The van der Waals surface area contributed by atoms with Crippen LogP contribution in [-0.4, -0.2) is 5.88 Å². The van der Waals surface area contributed by atoms with E-state index in [4.69, 9.17) is 23.2 Å². The molecule has 0 spiro atoms. The lowest BCUT2D eigenvalue weighted by molar-refractivity contribution is 1.10. The van der Waals surface area contributed by atoms with Crippen LogP contribution in [0.15, 0.2) is 78.4 Å². The van der Waals surface area contributed by atoms with Crippen LogP contribution in [0.4, 0.5) is 0 Å². The predicted molar refractivity (Wildman–Crippen MR) is 89.3 cm³/mol. The average molecular weight is 303 g/mol. The maximum atomic E-state index is 6.39. The molecule has 102 valence electrons. The van der Waals surface area contributed by atoms with Crippen molar-refractivity contribution < 1.29 is 0 Å². The summed E-state index contributed by atoms with van der Waals surface area (Å²) < 4.78 is 0. The molecule has 0 aliphatic rings. The molecule has 0 aliphatic heterocycles. The van der Waals surface area contributed by atoms with Crippen molar-refractivity contribution in [2.45, 2.75) is 5.92 Å². The molecule has 0 radical (unpaired) electrons. The molecule has 0 saturated heterocycles. The van der Waals surface area contributed by atoms with Crippen LogP contribution in [0.25, 0.3) is 5.57 Å². The zero-order valence-electron chi connectivity index (χ0n) is 11.1. The van der Waals surface area contributed by atoms with Crippen LogP contribution in [0, 0.1) is 0 Å². The Bertz CT molecular complexity index is 585. The number of hydrogen-bond donors (Lipinski definition) is 0. The number of rotatable bonds is 5. The Balaban J connectivity index is 2.55. The second-order valence-corrected chi connectivity index (χ2v) is 5.17. The second-order valence-electron chi connectivity index (χ2n) is 4.44. The maximum Gasteiger partial charge on any atom is 0.0585 e. The SMILES string of the molecule is C=CC(C(=C(Cl)CCl)c1ccccc1)c1ccccc1. The fraction of sp³-hybridized carbons (Fsp3) is 0.111. The van der Waals surface area contributed by atoms with Gasteiger partial charge in [0.2, 0.25) is 0 Å². The lowest BCUT2D eigenvalue weighted by Gasteiger charge is -2.19. The van der Waals surface area contributed by atoms with Gasteiger partial charge in [-0.25, -0.2) is 0 Å². The molecule has 2 rings (SSSR count). The highest BCUT2D eigenvalue weighted by Gasteiger charge is 2.18. The molecule has 1 unspecified atom stereocenters. The van der Waals surface area contributed by atoms with Gasteiger partial charge < -0.3 is 0 Å². The summed E-state index contributed by atoms with van der Waals surface area (Å²) >= 11 is 12.4. The van der Waals surface area contributed by atoms with Crippen LogP contribution in [0.3, 0.4) is 0 Å². The van der Waals surface area contributed by atoms with Gasteiger partial charge in [-0.05, 0) is 16.7 Å². The summed E-state index contributed by atoms with van der Waals surface area (Å²) in [6.07, 6.45) is 1.91. The molecule has 2 aromatic carbocycles. The lowest BCUT2D eigenvalue weighted by atomic mass is 9.86. The van der Waals surface area contributed by atoms with Crippen LogP contribution >= 0.6 is 23.2 Å². The maximum absolute atomic E-state index is 6.39. The van der Waals surface area contributed by atoms with E-state index in [1.54, 1.807) is 0 Å². The molecule has 0 nitrogen and oxygen atoms in total. The predicted octanol–water partition coefficient (Wildman–Crippen LogP) is 5.85. The molecule has 0 aromatic heterocycles. The third-order valence-electron chi connectivity index (χ3n) is 3.20. The normalized spacial score (nSPS) is 13.5. The first kappa shape index (κ1) is 14.9. The van der Waals surface area contributed by atoms with E-state index < -0.39 is 0 Å². The summed E-state index contributed by atoms with van der Waals surface area (Å²) in [5.41, 5.74) is 3.25. The minimum Gasteiger partial charge on any atom is -0.121 e. The van der Waals surface area contributed by atoms with Gasteiger partial charge in [0.15, 0.2) is 0 Å². The van der Waals surface area contributed by atoms with Crippen molar-refractivity contribution in [1.29, 1.82) is 0 Å². The molecule has 0 aliphatic carbocycles. The highest BCUT2D eigenvalue weighted by molar-refractivity contribution is 6.38. The van der Waals surface area contributed by atoms with Crippen molar-refractivity contribution in [2.75, 3.05) is 5.88 Å². The van der Waals surface area contributed by atoms with Crippen LogP contribution < -0.4 is 0 Å². The van der Waals surface area contributed by atoms with Crippen molar-refractivity contribution in [1.82, 2.24) is 0 Å². The third kappa shape index (κ3) is 3.33. The van der Waals surface area contributed by atoms with Crippen molar-refractivity contribution in [3.8, 4) is 0 Å². The van der Waals surface area contributed by atoms with E-state index in [9.17, 15) is 0 Å². The summed E-state index contributed by atoms with van der Waals surface area (Å²) in [5.74, 6) is 0.327. The van der Waals surface area contributed by atoms with Crippen molar-refractivity contribution in [3.05, 3.63) is 89.5 Å². The summed E-state index contributed by atoms with van der Waals surface area (Å²) in [6, 6.07) is 20.3. The van der Waals surface area contributed by atoms with Gasteiger partial charge in [0, 0.05) is 11.0 Å². The highest BCUT2D eigenvalue weighted by atomic mass is 35.5. The Kier molecular flexibility index (Phi) is 5.46. The van der Waals surface area contributed by atoms with E-state index in [-0.39, 0.29) is 5.92 Å². The Morgan fingerprint density at radius 3 is 2.05 bits per heavy atom. The van der Waals surface area contributed by atoms with Gasteiger partial charge in [0.1, 0.15) is 0 Å². The minimum absolute atomic E-state index is 0.0323. The Morgan fingerprint density at radius 2 is 1.55 bits per heavy atom. The lowest BCUT2D eigenvalue weighted by Crippen LogP contribution is -2.02. The van der Waals surface area contributed by atoms with Gasteiger partial charge in [-0.2, -0.15) is 0 Å². The van der Waals surface area contributed by atoms with Gasteiger partial charge in [-0.1, -0.05) is 78.3 Å².